The molecule has 2 nitrogen and oxygen atoms in total. The zero-order valence-electron chi connectivity index (χ0n) is 14.4. The van der Waals surface area contributed by atoms with Gasteiger partial charge in [-0.1, -0.05) is 45.0 Å². The average Bonchev–Trinajstić information content (AvgIpc) is 2.74. The first-order valence-electron chi connectivity index (χ1n) is 8.44. The molecule has 0 spiro atoms. The molecule has 1 aliphatic carbocycles. The van der Waals surface area contributed by atoms with Crippen molar-refractivity contribution >= 4 is 0 Å². The molecule has 2 unspecified atom stereocenters. The molecule has 2 heteroatoms. The summed E-state index contributed by atoms with van der Waals surface area (Å²) in [5, 5.41) is 3.81. The summed E-state index contributed by atoms with van der Waals surface area (Å²) in [6.45, 7) is 11.5. The number of rotatable bonds is 6. The lowest BCUT2D eigenvalue weighted by atomic mass is 9.86. The molecule has 0 aliphatic heterocycles. The number of likely N-dealkylation sites (N-methyl/N-ethyl adjacent to an activating group) is 1. The normalized spacial score (nSPS) is 24.7. The minimum atomic E-state index is 0.403. The van der Waals surface area contributed by atoms with E-state index in [9.17, 15) is 0 Å². The van der Waals surface area contributed by atoms with E-state index in [2.05, 4.69) is 69.2 Å². The minimum absolute atomic E-state index is 0.403. The molecule has 1 aliphatic rings. The Labute approximate surface area is 130 Å². The highest BCUT2D eigenvalue weighted by Gasteiger charge is 2.43. The van der Waals surface area contributed by atoms with Crippen LogP contribution in [0.5, 0.6) is 0 Å². The van der Waals surface area contributed by atoms with Crippen molar-refractivity contribution in [3.8, 4) is 0 Å². The number of hydrogen-bond donors (Lipinski definition) is 1. The van der Waals surface area contributed by atoms with Crippen LogP contribution >= 0.6 is 0 Å². The smallest absolute Gasteiger partial charge is 0.0274 e. The van der Waals surface area contributed by atoms with Crippen LogP contribution in [0.1, 0.15) is 51.2 Å². The maximum Gasteiger partial charge on any atom is 0.0274 e. The molecule has 2 rings (SSSR count). The Balaban J connectivity index is 2.07. The SMILES string of the molecule is CCCNC1C(N(C)Cc2ccccc2C)CCC1(C)C. The van der Waals surface area contributed by atoms with E-state index in [-0.39, 0.29) is 0 Å². The largest absolute Gasteiger partial charge is 0.312 e. The third-order valence-electron chi connectivity index (χ3n) is 5.17. The summed E-state index contributed by atoms with van der Waals surface area (Å²) in [5.74, 6) is 0. The highest BCUT2D eigenvalue weighted by molar-refractivity contribution is 5.25. The lowest BCUT2D eigenvalue weighted by Crippen LogP contribution is -2.50. The van der Waals surface area contributed by atoms with E-state index in [1.165, 1.54) is 30.4 Å². The Morgan fingerprint density at radius 1 is 1.29 bits per heavy atom. The third-order valence-corrected chi connectivity index (χ3v) is 5.17. The van der Waals surface area contributed by atoms with E-state index in [4.69, 9.17) is 0 Å². The van der Waals surface area contributed by atoms with E-state index >= 15 is 0 Å². The van der Waals surface area contributed by atoms with Gasteiger partial charge >= 0.3 is 0 Å². The molecular formula is C19H32N2. The first-order valence-corrected chi connectivity index (χ1v) is 8.44. The molecule has 0 amide bonds. The van der Waals surface area contributed by atoms with Gasteiger partial charge in [0.2, 0.25) is 0 Å². The van der Waals surface area contributed by atoms with Crippen molar-refractivity contribution in [3.05, 3.63) is 35.4 Å². The maximum atomic E-state index is 3.81. The fourth-order valence-corrected chi connectivity index (χ4v) is 3.72. The van der Waals surface area contributed by atoms with Crippen molar-refractivity contribution in [3.63, 3.8) is 0 Å². The van der Waals surface area contributed by atoms with Gasteiger partial charge in [0.1, 0.15) is 0 Å². The Hall–Kier alpha value is -0.860. The minimum Gasteiger partial charge on any atom is -0.312 e. The molecule has 0 saturated heterocycles. The molecule has 0 heterocycles. The van der Waals surface area contributed by atoms with Gasteiger partial charge < -0.3 is 5.32 Å². The van der Waals surface area contributed by atoms with Crippen LogP contribution in [0.15, 0.2) is 24.3 Å². The lowest BCUT2D eigenvalue weighted by molar-refractivity contribution is 0.165. The summed E-state index contributed by atoms with van der Waals surface area (Å²) in [4.78, 5) is 2.56. The van der Waals surface area contributed by atoms with Gasteiger partial charge in [0.05, 0.1) is 0 Å². The molecule has 1 aromatic rings. The molecule has 118 valence electrons. The number of hydrogen-bond acceptors (Lipinski definition) is 2. The molecule has 0 aromatic heterocycles. The highest BCUT2D eigenvalue weighted by Crippen LogP contribution is 2.40. The van der Waals surface area contributed by atoms with E-state index < -0.39 is 0 Å². The molecular weight excluding hydrogens is 256 g/mol. The number of nitrogens with zero attached hydrogens (tertiary/aromatic N) is 1. The monoisotopic (exact) mass is 288 g/mol. The van der Waals surface area contributed by atoms with Gasteiger partial charge in [0.25, 0.3) is 0 Å². The second-order valence-corrected chi connectivity index (χ2v) is 7.37. The predicted molar refractivity (Wildman–Crippen MR) is 91.5 cm³/mol. The first-order chi connectivity index (χ1) is 9.95. The van der Waals surface area contributed by atoms with Crippen LogP contribution in [0.3, 0.4) is 0 Å². The summed E-state index contributed by atoms with van der Waals surface area (Å²) >= 11 is 0. The third kappa shape index (κ3) is 3.87. The van der Waals surface area contributed by atoms with E-state index in [0.717, 1.165) is 13.1 Å². The summed E-state index contributed by atoms with van der Waals surface area (Å²) in [5.41, 5.74) is 3.26. The Kier molecular flexibility index (Phi) is 5.45. The summed E-state index contributed by atoms with van der Waals surface area (Å²) in [7, 11) is 2.29. The zero-order valence-corrected chi connectivity index (χ0v) is 14.4. The van der Waals surface area contributed by atoms with Gasteiger partial charge in [0, 0.05) is 18.6 Å². The molecule has 2 atom stereocenters. The summed E-state index contributed by atoms with van der Waals surface area (Å²) in [6.07, 6.45) is 3.83. The Morgan fingerprint density at radius 2 is 2.00 bits per heavy atom. The standard InChI is InChI=1S/C19H32N2/c1-6-13-20-18-17(11-12-19(18,3)4)21(5)14-16-10-8-7-9-15(16)2/h7-10,17-18,20H,6,11-14H2,1-5H3. The van der Waals surface area contributed by atoms with Crippen LogP contribution in [-0.2, 0) is 6.54 Å². The van der Waals surface area contributed by atoms with Crippen molar-refractivity contribution in [2.24, 2.45) is 5.41 Å². The van der Waals surface area contributed by atoms with Crippen LogP contribution < -0.4 is 5.32 Å². The van der Waals surface area contributed by atoms with Gasteiger partial charge in [-0.3, -0.25) is 4.90 Å². The predicted octanol–water partition coefficient (Wildman–Crippen LogP) is 3.98. The molecule has 1 N–H and O–H groups in total. The van der Waals surface area contributed by atoms with Crippen LogP contribution in [0.25, 0.3) is 0 Å². The molecule has 1 aromatic carbocycles. The van der Waals surface area contributed by atoms with Crippen molar-refractivity contribution in [2.45, 2.75) is 65.6 Å². The van der Waals surface area contributed by atoms with Crippen LogP contribution in [0.2, 0.25) is 0 Å². The quantitative estimate of drug-likeness (QED) is 0.851. The number of nitrogens with one attached hydrogen (secondary N) is 1. The van der Waals surface area contributed by atoms with Crippen LogP contribution in [-0.4, -0.2) is 30.6 Å². The number of aryl methyl sites for hydroxylation is 1. The van der Waals surface area contributed by atoms with Crippen LogP contribution in [0, 0.1) is 12.3 Å². The van der Waals surface area contributed by atoms with E-state index in [1.54, 1.807) is 0 Å². The second-order valence-electron chi connectivity index (χ2n) is 7.37. The van der Waals surface area contributed by atoms with Gasteiger partial charge in [-0.15, -0.1) is 0 Å². The van der Waals surface area contributed by atoms with E-state index in [0.29, 0.717) is 17.5 Å². The second kappa shape index (κ2) is 6.93. The molecule has 1 saturated carbocycles. The van der Waals surface area contributed by atoms with Crippen molar-refractivity contribution in [2.75, 3.05) is 13.6 Å². The molecule has 0 radical (unpaired) electrons. The number of benzene rings is 1. The van der Waals surface area contributed by atoms with Gasteiger partial charge in [0.15, 0.2) is 0 Å². The average molecular weight is 288 g/mol. The molecule has 21 heavy (non-hydrogen) atoms. The van der Waals surface area contributed by atoms with Crippen molar-refractivity contribution < 1.29 is 0 Å². The highest BCUT2D eigenvalue weighted by atomic mass is 15.2. The van der Waals surface area contributed by atoms with Crippen molar-refractivity contribution in [1.29, 1.82) is 0 Å². The van der Waals surface area contributed by atoms with Gasteiger partial charge in [-0.05, 0) is 56.3 Å². The molecule has 1 fully saturated rings. The first kappa shape index (κ1) is 16.5. The zero-order chi connectivity index (χ0) is 15.5. The lowest BCUT2D eigenvalue weighted by Gasteiger charge is -2.36. The Bertz CT molecular complexity index is 453. The van der Waals surface area contributed by atoms with Gasteiger partial charge in [-0.25, -0.2) is 0 Å². The molecule has 0 bridgehead atoms. The summed E-state index contributed by atoms with van der Waals surface area (Å²) in [6, 6.07) is 10.0. The topological polar surface area (TPSA) is 15.3 Å². The van der Waals surface area contributed by atoms with Gasteiger partial charge in [-0.2, -0.15) is 0 Å². The fraction of sp³-hybridized carbons (Fsp3) is 0.684. The Morgan fingerprint density at radius 3 is 2.67 bits per heavy atom. The maximum absolute atomic E-state index is 3.81. The van der Waals surface area contributed by atoms with Crippen molar-refractivity contribution in [1.82, 2.24) is 10.2 Å². The fourth-order valence-electron chi connectivity index (χ4n) is 3.72. The van der Waals surface area contributed by atoms with E-state index in [1.807, 2.05) is 0 Å². The summed E-state index contributed by atoms with van der Waals surface area (Å²) < 4.78 is 0. The van der Waals surface area contributed by atoms with Crippen LogP contribution in [0.4, 0.5) is 0 Å².